The van der Waals surface area contributed by atoms with Gasteiger partial charge in [0.05, 0.1) is 11.7 Å². The van der Waals surface area contributed by atoms with Gasteiger partial charge in [0.1, 0.15) is 5.82 Å². The van der Waals surface area contributed by atoms with Crippen molar-refractivity contribution < 1.29 is 14.3 Å². The average Bonchev–Trinajstić information content (AvgIpc) is 2.98. The number of carbonyl (C=O) groups excluding carboxylic acids is 1. The third-order valence-electron chi connectivity index (χ3n) is 3.61. The Balaban J connectivity index is 1.72. The Morgan fingerprint density at radius 1 is 1.26 bits per heavy atom. The van der Waals surface area contributed by atoms with E-state index in [-0.39, 0.29) is 17.5 Å². The largest absolute Gasteiger partial charge is 0.387 e. The molecule has 1 amide bonds. The zero-order valence-corrected chi connectivity index (χ0v) is 12.8. The summed E-state index contributed by atoms with van der Waals surface area (Å²) in [4.78, 5) is 15.1. The smallest absolute Gasteiger partial charge is 0.253 e. The van der Waals surface area contributed by atoms with Crippen LogP contribution in [0.5, 0.6) is 0 Å². The lowest BCUT2D eigenvalue weighted by molar-refractivity contribution is 0.0917. The first-order valence-corrected chi connectivity index (χ1v) is 7.41. The predicted octanol–water partition coefficient (Wildman–Crippen LogP) is 3.42. The number of rotatable bonds is 4. The van der Waals surface area contributed by atoms with Gasteiger partial charge in [-0.25, -0.2) is 4.39 Å². The van der Waals surface area contributed by atoms with Crippen LogP contribution in [0.3, 0.4) is 0 Å². The number of carbonyl (C=O) groups is 1. The number of hydrogen-bond acceptors (Lipinski definition) is 2. The second-order valence-corrected chi connectivity index (χ2v) is 5.58. The number of fused-ring (bicyclic) bond motifs is 1. The van der Waals surface area contributed by atoms with Crippen LogP contribution in [0, 0.1) is 5.82 Å². The molecule has 1 atom stereocenters. The highest BCUT2D eigenvalue weighted by Gasteiger charge is 2.16. The fraction of sp³-hybridized carbons (Fsp3) is 0.118. The molecule has 23 heavy (non-hydrogen) atoms. The van der Waals surface area contributed by atoms with Gasteiger partial charge in [0.25, 0.3) is 5.91 Å². The highest BCUT2D eigenvalue weighted by Crippen LogP contribution is 2.21. The van der Waals surface area contributed by atoms with Gasteiger partial charge in [-0.1, -0.05) is 29.8 Å². The van der Waals surface area contributed by atoms with E-state index in [9.17, 15) is 14.3 Å². The zero-order valence-electron chi connectivity index (χ0n) is 12.0. The molecule has 3 rings (SSSR count). The summed E-state index contributed by atoms with van der Waals surface area (Å²) in [6, 6.07) is 11.3. The molecular formula is C17H14ClFN2O2. The number of aromatic amines is 1. The van der Waals surface area contributed by atoms with E-state index in [1.165, 1.54) is 12.3 Å². The standard InChI is InChI=1S/C17H14ClFN2O2/c18-11-6-4-10(5-7-11)15(22)9-21-17(23)12-8-20-14-3-1-2-13(19)16(12)14/h1-8,15,20,22H,9H2,(H,21,23). The number of aliphatic hydroxyl groups excluding tert-OH is 1. The van der Waals surface area contributed by atoms with Gasteiger partial charge in [-0.15, -0.1) is 0 Å². The van der Waals surface area contributed by atoms with E-state index in [0.717, 1.165) is 0 Å². The highest BCUT2D eigenvalue weighted by molar-refractivity contribution is 6.30. The Hall–Kier alpha value is -2.37. The molecule has 1 unspecified atom stereocenters. The Morgan fingerprint density at radius 2 is 2.00 bits per heavy atom. The molecule has 3 N–H and O–H groups in total. The molecule has 2 aromatic carbocycles. The topological polar surface area (TPSA) is 65.1 Å². The Bertz CT molecular complexity index is 845. The van der Waals surface area contributed by atoms with Crippen molar-refractivity contribution in [2.75, 3.05) is 6.54 Å². The summed E-state index contributed by atoms with van der Waals surface area (Å²) >= 11 is 5.79. The van der Waals surface area contributed by atoms with Crippen LogP contribution in [-0.2, 0) is 0 Å². The molecule has 0 aliphatic rings. The summed E-state index contributed by atoms with van der Waals surface area (Å²) < 4.78 is 13.9. The van der Waals surface area contributed by atoms with Crippen molar-refractivity contribution >= 4 is 28.4 Å². The number of aromatic nitrogens is 1. The molecule has 0 saturated carbocycles. The number of hydrogen-bond donors (Lipinski definition) is 3. The molecule has 0 fully saturated rings. The van der Waals surface area contributed by atoms with Crippen LogP contribution in [-0.4, -0.2) is 22.5 Å². The van der Waals surface area contributed by atoms with Crippen LogP contribution >= 0.6 is 11.6 Å². The number of aliphatic hydroxyl groups is 1. The second kappa shape index (κ2) is 6.40. The Kier molecular flexibility index (Phi) is 4.32. The highest BCUT2D eigenvalue weighted by atomic mass is 35.5. The molecule has 0 spiro atoms. The van der Waals surface area contributed by atoms with Gasteiger partial charge in [0.2, 0.25) is 0 Å². The number of benzene rings is 2. The minimum Gasteiger partial charge on any atom is -0.387 e. The number of halogens is 2. The molecule has 118 valence electrons. The summed E-state index contributed by atoms with van der Waals surface area (Å²) in [6.07, 6.45) is 0.587. The zero-order chi connectivity index (χ0) is 16.4. The Labute approximate surface area is 136 Å². The van der Waals surface area contributed by atoms with Crippen LogP contribution < -0.4 is 5.32 Å². The van der Waals surface area contributed by atoms with E-state index in [4.69, 9.17) is 11.6 Å². The summed E-state index contributed by atoms with van der Waals surface area (Å²) in [5.41, 5.74) is 1.40. The fourth-order valence-corrected chi connectivity index (χ4v) is 2.53. The fourth-order valence-electron chi connectivity index (χ4n) is 2.41. The van der Waals surface area contributed by atoms with Gasteiger partial charge in [-0.3, -0.25) is 4.79 Å². The molecule has 1 heterocycles. The molecule has 0 bridgehead atoms. The molecular weight excluding hydrogens is 319 g/mol. The molecule has 3 aromatic rings. The van der Waals surface area contributed by atoms with Crippen molar-refractivity contribution in [3.8, 4) is 0 Å². The van der Waals surface area contributed by atoms with Crippen molar-refractivity contribution in [3.05, 3.63) is 70.6 Å². The predicted molar refractivity (Wildman–Crippen MR) is 87.0 cm³/mol. The SMILES string of the molecule is O=C(NCC(O)c1ccc(Cl)cc1)c1c[nH]c2cccc(F)c12. The van der Waals surface area contributed by atoms with Crippen molar-refractivity contribution in [2.45, 2.75) is 6.10 Å². The van der Waals surface area contributed by atoms with Crippen LogP contribution in [0.4, 0.5) is 4.39 Å². The van der Waals surface area contributed by atoms with Crippen LogP contribution in [0.15, 0.2) is 48.7 Å². The molecule has 0 saturated heterocycles. The lowest BCUT2D eigenvalue weighted by Gasteiger charge is -2.12. The maximum absolute atomic E-state index is 13.9. The quantitative estimate of drug-likeness (QED) is 0.685. The van der Waals surface area contributed by atoms with E-state index in [0.29, 0.717) is 16.1 Å². The average molecular weight is 333 g/mol. The summed E-state index contributed by atoms with van der Waals surface area (Å²) in [6.45, 7) is 0.0155. The molecule has 0 aliphatic heterocycles. The molecule has 1 aromatic heterocycles. The molecule has 0 radical (unpaired) electrons. The number of amides is 1. The number of nitrogens with one attached hydrogen (secondary N) is 2. The summed E-state index contributed by atoms with van der Waals surface area (Å²) in [7, 11) is 0. The monoisotopic (exact) mass is 332 g/mol. The van der Waals surface area contributed by atoms with Gasteiger partial charge < -0.3 is 15.4 Å². The number of H-pyrrole nitrogens is 1. The van der Waals surface area contributed by atoms with Gasteiger partial charge in [-0.2, -0.15) is 0 Å². The van der Waals surface area contributed by atoms with E-state index in [1.807, 2.05) is 0 Å². The van der Waals surface area contributed by atoms with Crippen molar-refractivity contribution in [1.82, 2.24) is 10.3 Å². The maximum atomic E-state index is 13.9. The van der Waals surface area contributed by atoms with Gasteiger partial charge in [0.15, 0.2) is 0 Å². The molecule has 0 aliphatic carbocycles. The lowest BCUT2D eigenvalue weighted by atomic mass is 10.1. The van der Waals surface area contributed by atoms with E-state index in [1.54, 1.807) is 36.4 Å². The lowest BCUT2D eigenvalue weighted by Crippen LogP contribution is -2.28. The minimum absolute atomic E-state index is 0.0155. The first-order chi connectivity index (χ1) is 11.1. The van der Waals surface area contributed by atoms with E-state index >= 15 is 0 Å². The van der Waals surface area contributed by atoms with Gasteiger partial charge in [-0.05, 0) is 29.8 Å². The second-order valence-electron chi connectivity index (χ2n) is 5.14. The minimum atomic E-state index is -0.869. The van der Waals surface area contributed by atoms with E-state index in [2.05, 4.69) is 10.3 Å². The van der Waals surface area contributed by atoms with Gasteiger partial charge in [0, 0.05) is 28.7 Å². The van der Waals surface area contributed by atoms with Crippen molar-refractivity contribution in [1.29, 1.82) is 0 Å². The molecule has 4 nitrogen and oxygen atoms in total. The maximum Gasteiger partial charge on any atom is 0.253 e. The van der Waals surface area contributed by atoms with Crippen molar-refractivity contribution in [2.24, 2.45) is 0 Å². The third kappa shape index (κ3) is 3.21. The first kappa shape index (κ1) is 15.5. The normalized spacial score (nSPS) is 12.3. The summed E-state index contributed by atoms with van der Waals surface area (Å²) in [5.74, 6) is -0.915. The summed E-state index contributed by atoms with van der Waals surface area (Å²) in [5, 5.41) is 13.5. The van der Waals surface area contributed by atoms with Crippen LogP contribution in [0.2, 0.25) is 5.02 Å². The molecule has 6 heteroatoms. The van der Waals surface area contributed by atoms with Crippen LogP contribution in [0.1, 0.15) is 22.0 Å². The van der Waals surface area contributed by atoms with Crippen molar-refractivity contribution in [3.63, 3.8) is 0 Å². The Morgan fingerprint density at radius 3 is 2.74 bits per heavy atom. The van der Waals surface area contributed by atoms with Crippen LogP contribution in [0.25, 0.3) is 10.9 Å². The van der Waals surface area contributed by atoms with E-state index < -0.39 is 17.8 Å². The third-order valence-corrected chi connectivity index (χ3v) is 3.86. The van der Waals surface area contributed by atoms with Gasteiger partial charge >= 0.3 is 0 Å². The first-order valence-electron chi connectivity index (χ1n) is 7.03.